The molecule has 3 heterocycles. The Balaban J connectivity index is 1.27. The van der Waals surface area contributed by atoms with Gasteiger partial charge in [0.15, 0.2) is 0 Å². The van der Waals surface area contributed by atoms with Crippen molar-refractivity contribution >= 4 is 77.5 Å². The normalized spacial score (nSPS) is 15.2. The first-order valence-corrected chi connectivity index (χ1v) is 19.5. The van der Waals surface area contributed by atoms with Crippen molar-refractivity contribution in [2.45, 2.75) is 39.5 Å². The van der Waals surface area contributed by atoms with Crippen LogP contribution in [-0.2, 0) is 0 Å². The summed E-state index contributed by atoms with van der Waals surface area (Å²) in [6.45, 7) is 8.88. The maximum absolute atomic E-state index is 7.05. The van der Waals surface area contributed by atoms with Crippen LogP contribution in [0.4, 0.5) is 0 Å². The molecule has 266 valence electrons. The Kier molecular flexibility index (Phi) is 8.03. The van der Waals surface area contributed by atoms with Gasteiger partial charge in [0.05, 0.1) is 27.5 Å². The summed E-state index contributed by atoms with van der Waals surface area (Å²) in [5.74, 6) is 0.841. The number of fused-ring (bicyclic) bond motifs is 8. The molecule has 3 aromatic heterocycles. The van der Waals surface area contributed by atoms with E-state index in [4.69, 9.17) is 11.0 Å². The van der Waals surface area contributed by atoms with E-state index in [9.17, 15) is 0 Å². The van der Waals surface area contributed by atoms with Crippen molar-refractivity contribution in [1.29, 1.82) is 0 Å². The molecule has 2 aliphatic carbocycles. The van der Waals surface area contributed by atoms with Crippen molar-refractivity contribution in [3.8, 4) is 5.69 Å². The average molecular weight is 711 g/mol. The number of aromatic nitrogens is 2. The topological polar surface area (TPSA) is 23.0 Å². The SMILES string of the molecule is C=C(C1=C(/C=C\C)CCC=C1)c1c(/C=C\C)oc2c1ccc1c2c2cc(-n3c4ccccc4c4ccccc43)ccc2n1C1=CC=C(c2ccccc2)CC1. The Morgan fingerprint density at radius 2 is 1.36 bits per heavy atom. The molecule has 3 nitrogen and oxygen atoms in total. The van der Waals surface area contributed by atoms with Crippen LogP contribution in [0.5, 0.6) is 0 Å². The van der Waals surface area contributed by atoms with Gasteiger partial charge in [-0.1, -0.05) is 110 Å². The van der Waals surface area contributed by atoms with Gasteiger partial charge in [0, 0.05) is 38.5 Å². The molecule has 0 unspecified atom stereocenters. The zero-order valence-corrected chi connectivity index (χ0v) is 31.3. The fourth-order valence-corrected chi connectivity index (χ4v) is 9.08. The monoisotopic (exact) mass is 710 g/mol. The molecule has 8 aromatic rings. The zero-order valence-electron chi connectivity index (χ0n) is 31.3. The highest BCUT2D eigenvalue weighted by atomic mass is 16.3. The standard InChI is InChI=1S/C52H42N2O/c1-4-15-37-19-9-10-20-40(37)34(3)50-43-30-32-48-51(52(43)55-49(50)16-5-2)44-33-39(54-45-23-13-11-21-41(45)42-22-12-14-24-46(42)54)29-31-47(44)53(48)38-27-25-36(26-28-38)35-17-7-6-8-18-35/h4-8,10-18,20-25,27,29-33H,3,9,19,26,28H2,1-2H3/b15-4-,16-5-. The summed E-state index contributed by atoms with van der Waals surface area (Å²) in [6.07, 6.45) is 21.6. The van der Waals surface area contributed by atoms with E-state index in [1.54, 1.807) is 0 Å². The Morgan fingerprint density at radius 1 is 0.655 bits per heavy atom. The van der Waals surface area contributed by atoms with Gasteiger partial charge in [-0.15, -0.1) is 0 Å². The first-order valence-electron chi connectivity index (χ1n) is 19.5. The number of furan rings is 1. The van der Waals surface area contributed by atoms with Gasteiger partial charge >= 0.3 is 0 Å². The van der Waals surface area contributed by atoms with Gasteiger partial charge in [-0.25, -0.2) is 0 Å². The minimum Gasteiger partial charge on any atom is -0.455 e. The lowest BCUT2D eigenvalue weighted by Crippen LogP contribution is -2.01. The van der Waals surface area contributed by atoms with Crippen LogP contribution in [0.2, 0.25) is 0 Å². The molecule has 5 aromatic carbocycles. The molecule has 0 bridgehead atoms. The van der Waals surface area contributed by atoms with E-state index in [0.29, 0.717) is 0 Å². The maximum Gasteiger partial charge on any atom is 0.145 e. The van der Waals surface area contributed by atoms with Crippen LogP contribution < -0.4 is 0 Å². The second-order valence-electron chi connectivity index (χ2n) is 14.7. The smallest absolute Gasteiger partial charge is 0.145 e. The van der Waals surface area contributed by atoms with Gasteiger partial charge in [-0.05, 0) is 122 Å². The number of benzene rings is 5. The van der Waals surface area contributed by atoms with Gasteiger partial charge in [0.1, 0.15) is 11.3 Å². The summed E-state index contributed by atoms with van der Waals surface area (Å²) in [4.78, 5) is 0. The van der Waals surface area contributed by atoms with Gasteiger partial charge in [0.25, 0.3) is 0 Å². The summed E-state index contributed by atoms with van der Waals surface area (Å²) >= 11 is 0. The number of hydrogen-bond acceptors (Lipinski definition) is 1. The van der Waals surface area contributed by atoms with E-state index in [-0.39, 0.29) is 0 Å². The number of rotatable bonds is 7. The molecule has 0 saturated heterocycles. The predicted octanol–water partition coefficient (Wildman–Crippen LogP) is 14.6. The summed E-state index contributed by atoms with van der Waals surface area (Å²) in [7, 11) is 0. The molecule has 3 heteroatoms. The predicted molar refractivity (Wildman–Crippen MR) is 235 cm³/mol. The molecule has 0 spiro atoms. The summed E-state index contributed by atoms with van der Waals surface area (Å²) in [5, 5.41) is 5.89. The lowest BCUT2D eigenvalue weighted by atomic mass is 9.88. The minimum atomic E-state index is 0.841. The molecule has 0 atom stereocenters. The van der Waals surface area contributed by atoms with Crippen LogP contribution in [0.15, 0.2) is 174 Å². The zero-order chi connectivity index (χ0) is 37.0. The summed E-state index contributed by atoms with van der Waals surface area (Å²) in [6, 6.07) is 39.8. The van der Waals surface area contributed by atoms with E-state index < -0.39 is 0 Å². The highest BCUT2D eigenvalue weighted by Crippen LogP contribution is 2.46. The molecule has 2 aliphatic rings. The third-order valence-corrected chi connectivity index (χ3v) is 11.5. The Morgan fingerprint density at radius 3 is 2.09 bits per heavy atom. The first kappa shape index (κ1) is 33.0. The molecule has 55 heavy (non-hydrogen) atoms. The Bertz CT molecular complexity index is 3000. The fourth-order valence-electron chi connectivity index (χ4n) is 9.08. The molecule has 0 N–H and O–H groups in total. The van der Waals surface area contributed by atoms with Crippen LogP contribution in [0.25, 0.3) is 83.2 Å². The van der Waals surface area contributed by atoms with Crippen LogP contribution >= 0.6 is 0 Å². The van der Waals surface area contributed by atoms with E-state index in [1.165, 1.54) is 60.7 Å². The lowest BCUT2D eigenvalue weighted by molar-refractivity contribution is 0.606. The van der Waals surface area contributed by atoms with E-state index in [0.717, 1.165) is 70.1 Å². The van der Waals surface area contributed by atoms with Crippen LogP contribution in [0, 0.1) is 0 Å². The molecule has 0 saturated carbocycles. The van der Waals surface area contributed by atoms with E-state index in [1.807, 2.05) is 0 Å². The van der Waals surface area contributed by atoms with Crippen molar-refractivity contribution in [2.24, 2.45) is 0 Å². The lowest BCUT2D eigenvalue weighted by Gasteiger charge is -2.18. The third kappa shape index (κ3) is 5.26. The molecule has 0 amide bonds. The quantitative estimate of drug-likeness (QED) is 0.161. The molecular weight excluding hydrogens is 669 g/mol. The Hall–Kier alpha value is -6.58. The summed E-state index contributed by atoms with van der Waals surface area (Å²) in [5.41, 5.74) is 15.2. The van der Waals surface area contributed by atoms with Gasteiger partial charge in [0.2, 0.25) is 0 Å². The first-order chi connectivity index (χ1) is 27.1. The second kappa shape index (κ2) is 13.4. The van der Waals surface area contributed by atoms with Crippen molar-refractivity contribution in [3.63, 3.8) is 0 Å². The highest BCUT2D eigenvalue weighted by Gasteiger charge is 2.25. The number of nitrogens with zero attached hydrogens (tertiary/aromatic N) is 2. The van der Waals surface area contributed by atoms with Gasteiger partial charge < -0.3 is 13.6 Å². The summed E-state index contributed by atoms with van der Waals surface area (Å²) < 4.78 is 11.9. The highest BCUT2D eigenvalue weighted by molar-refractivity contribution is 6.22. The largest absolute Gasteiger partial charge is 0.455 e. The van der Waals surface area contributed by atoms with Gasteiger partial charge in [-0.3, -0.25) is 0 Å². The average Bonchev–Trinajstić information content (AvgIpc) is 3.89. The molecule has 0 radical (unpaired) electrons. The van der Waals surface area contributed by atoms with Gasteiger partial charge in [-0.2, -0.15) is 0 Å². The van der Waals surface area contributed by atoms with Crippen molar-refractivity contribution in [2.75, 3.05) is 0 Å². The van der Waals surface area contributed by atoms with Crippen molar-refractivity contribution in [1.82, 2.24) is 9.13 Å². The van der Waals surface area contributed by atoms with Crippen LogP contribution in [0.1, 0.15) is 56.4 Å². The fraction of sp³-hybridized carbons (Fsp3) is 0.115. The van der Waals surface area contributed by atoms with Crippen LogP contribution in [0.3, 0.4) is 0 Å². The molecular formula is C52H42N2O. The molecule has 10 rings (SSSR count). The van der Waals surface area contributed by atoms with Crippen LogP contribution in [-0.4, -0.2) is 9.13 Å². The number of hydrogen-bond donors (Lipinski definition) is 0. The number of allylic oxidation sites excluding steroid dienone is 12. The van der Waals surface area contributed by atoms with Crippen molar-refractivity contribution < 1.29 is 4.42 Å². The minimum absolute atomic E-state index is 0.841. The number of para-hydroxylation sites is 2. The van der Waals surface area contributed by atoms with E-state index in [2.05, 4.69) is 181 Å². The third-order valence-electron chi connectivity index (χ3n) is 11.5. The van der Waals surface area contributed by atoms with Crippen molar-refractivity contribution in [3.05, 3.63) is 186 Å². The molecule has 0 fully saturated rings. The molecule has 0 aliphatic heterocycles. The van der Waals surface area contributed by atoms with E-state index >= 15 is 0 Å². The second-order valence-corrected chi connectivity index (χ2v) is 14.7. The Labute approximate surface area is 321 Å². The maximum atomic E-state index is 7.05.